The fourth-order valence-corrected chi connectivity index (χ4v) is 5.66. The lowest BCUT2D eigenvalue weighted by Gasteiger charge is -2.26. The van der Waals surface area contributed by atoms with Gasteiger partial charge >= 0.3 is 0 Å². The van der Waals surface area contributed by atoms with Crippen LogP contribution in [0.1, 0.15) is 50.2 Å². The zero-order chi connectivity index (χ0) is 28.1. The molecule has 1 saturated carbocycles. The quantitative estimate of drug-likeness (QED) is 0.297. The second-order valence-electron chi connectivity index (χ2n) is 11.0. The molecule has 3 aromatic carbocycles. The summed E-state index contributed by atoms with van der Waals surface area (Å²) in [5.41, 5.74) is 3.93. The average Bonchev–Trinajstić information content (AvgIpc) is 3.64. The van der Waals surface area contributed by atoms with E-state index >= 15 is 0 Å². The number of benzene rings is 3. The highest BCUT2D eigenvalue weighted by molar-refractivity contribution is 5.95. The first-order chi connectivity index (χ1) is 19.4. The van der Waals surface area contributed by atoms with Gasteiger partial charge in [-0.3, -0.25) is 9.59 Å². The number of rotatable bonds is 9. The molecule has 0 aromatic heterocycles. The topological polar surface area (TPSA) is 73.5 Å². The molecule has 3 N–H and O–H groups in total. The molecular formula is C32H36F2N4O2. The summed E-state index contributed by atoms with van der Waals surface area (Å²) < 4.78 is 27.9. The molecule has 5 rings (SSSR count). The van der Waals surface area contributed by atoms with Crippen molar-refractivity contribution >= 4 is 28.9 Å². The Kier molecular flexibility index (Phi) is 8.75. The first kappa shape index (κ1) is 27.8. The normalized spacial score (nSPS) is 20.3. The van der Waals surface area contributed by atoms with E-state index in [0.29, 0.717) is 30.4 Å². The largest absolute Gasteiger partial charge is 0.363 e. The van der Waals surface area contributed by atoms with E-state index < -0.39 is 11.6 Å². The van der Waals surface area contributed by atoms with Gasteiger partial charge in [0.1, 0.15) is 0 Å². The first-order valence-electron chi connectivity index (χ1n) is 14.1. The van der Waals surface area contributed by atoms with E-state index in [2.05, 4.69) is 22.9 Å². The Morgan fingerprint density at radius 3 is 1.95 bits per heavy atom. The molecule has 0 spiro atoms. The van der Waals surface area contributed by atoms with Crippen LogP contribution in [-0.4, -0.2) is 24.4 Å². The van der Waals surface area contributed by atoms with Gasteiger partial charge in [0.15, 0.2) is 11.6 Å². The number of carbonyl (C=O) groups is 2. The van der Waals surface area contributed by atoms with E-state index in [1.165, 1.54) is 6.07 Å². The fraction of sp³-hybridized carbons (Fsp3) is 0.375. The summed E-state index contributed by atoms with van der Waals surface area (Å²) in [6, 6.07) is 19.0. The van der Waals surface area contributed by atoms with E-state index in [1.807, 2.05) is 53.4 Å². The van der Waals surface area contributed by atoms with Gasteiger partial charge < -0.3 is 20.9 Å². The minimum Gasteiger partial charge on any atom is -0.363 e. The first-order valence-corrected chi connectivity index (χ1v) is 14.1. The van der Waals surface area contributed by atoms with Gasteiger partial charge in [-0.1, -0.05) is 37.6 Å². The minimum atomic E-state index is -0.903. The zero-order valence-electron chi connectivity index (χ0n) is 22.8. The second-order valence-corrected chi connectivity index (χ2v) is 11.0. The highest BCUT2D eigenvalue weighted by atomic mass is 19.2. The molecule has 3 unspecified atom stereocenters. The zero-order valence-corrected chi connectivity index (χ0v) is 22.8. The Balaban J connectivity index is 1.27. The fourth-order valence-electron chi connectivity index (χ4n) is 5.66. The van der Waals surface area contributed by atoms with E-state index in [-0.39, 0.29) is 23.8 Å². The lowest BCUT2D eigenvalue weighted by molar-refractivity contribution is -0.120. The van der Waals surface area contributed by atoms with Crippen molar-refractivity contribution in [3.63, 3.8) is 0 Å². The summed E-state index contributed by atoms with van der Waals surface area (Å²) in [5, 5.41) is 9.19. The third-order valence-corrected chi connectivity index (χ3v) is 8.03. The van der Waals surface area contributed by atoms with Gasteiger partial charge in [0, 0.05) is 42.1 Å². The van der Waals surface area contributed by atoms with Crippen molar-refractivity contribution < 1.29 is 18.4 Å². The SMILES string of the molecule is CC1CCCC1C(=O)Nc1ccc(CN(Cc2ccc(NC(=O)C3CCCN3)cc2)c2ccc(F)c(F)c2)cc1. The van der Waals surface area contributed by atoms with Crippen molar-refractivity contribution in [3.8, 4) is 0 Å². The Hall–Kier alpha value is -3.78. The van der Waals surface area contributed by atoms with Crippen LogP contribution >= 0.6 is 0 Å². The maximum absolute atomic E-state index is 14.2. The lowest BCUT2D eigenvalue weighted by atomic mass is 9.97. The molecule has 2 aliphatic rings. The molecule has 0 bridgehead atoms. The molecule has 3 aromatic rings. The number of halogens is 2. The number of hydrogen-bond donors (Lipinski definition) is 3. The molecule has 2 amide bonds. The molecular weight excluding hydrogens is 510 g/mol. The molecule has 1 saturated heterocycles. The summed E-state index contributed by atoms with van der Waals surface area (Å²) in [4.78, 5) is 27.1. The summed E-state index contributed by atoms with van der Waals surface area (Å²) in [7, 11) is 0. The highest BCUT2D eigenvalue weighted by Crippen LogP contribution is 2.32. The maximum Gasteiger partial charge on any atom is 0.241 e. The van der Waals surface area contributed by atoms with E-state index in [0.717, 1.165) is 61.5 Å². The molecule has 6 nitrogen and oxygen atoms in total. The van der Waals surface area contributed by atoms with Gasteiger partial charge in [0.25, 0.3) is 0 Å². The molecule has 210 valence electrons. The van der Waals surface area contributed by atoms with Crippen LogP contribution in [-0.2, 0) is 22.7 Å². The summed E-state index contributed by atoms with van der Waals surface area (Å²) >= 11 is 0. The van der Waals surface area contributed by atoms with E-state index in [9.17, 15) is 18.4 Å². The van der Waals surface area contributed by atoms with Crippen LogP contribution in [0.2, 0.25) is 0 Å². The molecule has 1 aliphatic carbocycles. The minimum absolute atomic E-state index is 0.0361. The van der Waals surface area contributed by atoms with Crippen LogP contribution in [0.5, 0.6) is 0 Å². The molecule has 0 radical (unpaired) electrons. The van der Waals surface area contributed by atoms with Gasteiger partial charge in [-0.2, -0.15) is 0 Å². The van der Waals surface area contributed by atoms with Crippen molar-refractivity contribution in [3.05, 3.63) is 89.5 Å². The standard InChI is InChI=1S/C32H36F2N4O2/c1-21-4-2-5-27(21)31(39)36-24-11-7-22(8-12-24)19-38(26-15-16-28(33)29(34)18-26)20-23-9-13-25(14-10-23)37-32(40)30-6-3-17-35-30/h7-16,18,21,27,30,35H,2-6,17,19-20H2,1H3,(H,36,39)(H,37,40). The van der Waals surface area contributed by atoms with Crippen LogP contribution in [0.3, 0.4) is 0 Å². The molecule has 2 fully saturated rings. The maximum atomic E-state index is 14.2. The number of nitrogens with zero attached hydrogens (tertiary/aromatic N) is 1. The van der Waals surface area contributed by atoms with Crippen molar-refractivity contribution in [2.24, 2.45) is 11.8 Å². The monoisotopic (exact) mass is 546 g/mol. The van der Waals surface area contributed by atoms with Gasteiger partial charge in [0.05, 0.1) is 6.04 Å². The van der Waals surface area contributed by atoms with Crippen LogP contribution in [0.25, 0.3) is 0 Å². The van der Waals surface area contributed by atoms with Crippen molar-refractivity contribution in [2.75, 3.05) is 22.1 Å². The number of carbonyl (C=O) groups excluding carboxylic acids is 2. The molecule has 3 atom stereocenters. The lowest BCUT2D eigenvalue weighted by Crippen LogP contribution is -2.35. The third-order valence-electron chi connectivity index (χ3n) is 8.03. The van der Waals surface area contributed by atoms with Crippen LogP contribution in [0, 0.1) is 23.5 Å². The molecule has 1 aliphatic heterocycles. The smallest absolute Gasteiger partial charge is 0.241 e. The van der Waals surface area contributed by atoms with E-state index in [1.54, 1.807) is 6.07 Å². The molecule has 1 heterocycles. The Bertz CT molecular complexity index is 1320. The van der Waals surface area contributed by atoms with Crippen molar-refractivity contribution in [2.45, 2.75) is 58.2 Å². The van der Waals surface area contributed by atoms with Crippen molar-refractivity contribution in [1.82, 2.24) is 5.32 Å². The van der Waals surface area contributed by atoms with Gasteiger partial charge in [-0.05, 0) is 85.7 Å². The van der Waals surface area contributed by atoms with Crippen LogP contribution in [0.15, 0.2) is 66.7 Å². The summed E-state index contributed by atoms with van der Waals surface area (Å²) in [6.45, 7) is 3.88. The Morgan fingerprint density at radius 1 is 0.800 bits per heavy atom. The predicted molar refractivity (Wildman–Crippen MR) is 154 cm³/mol. The van der Waals surface area contributed by atoms with Crippen molar-refractivity contribution in [1.29, 1.82) is 0 Å². The Labute approximate surface area is 234 Å². The second kappa shape index (κ2) is 12.6. The van der Waals surface area contributed by atoms with Crippen LogP contribution < -0.4 is 20.9 Å². The van der Waals surface area contributed by atoms with Gasteiger partial charge in [-0.25, -0.2) is 8.78 Å². The van der Waals surface area contributed by atoms with E-state index in [4.69, 9.17) is 0 Å². The summed E-state index contributed by atoms with van der Waals surface area (Å²) in [5.74, 6) is -1.30. The third kappa shape index (κ3) is 6.86. The average molecular weight is 547 g/mol. The van der Waals surface area contributed by atoms with Gasteiger partial charge in [0.2, 0.25) is 11.8 Å². The number of anilines is 3. The highest BCUT2D eigenvalue weighted by Gasteiger charge is 2.29. The Morgan fingerprint density at radius 2 is 1.43 bits per heavy atom. The summed E-state index contributed by atoms with van der Waals surface area (Å²) in [6.07, 6.45) is 4.94. The van der Waals surface area contributed by atoms with Gasteiger partial charge in [-0.15, -0.1) is 0 Å². The predicted octanol–water partition coefficient (Wildman–Crippen LogP) is 6.24. The number of amides is 2. The molecule has 40 heavy (non-hydrogen) atoms. The number of hydrogen-bond acceptors (Lipinski definition) is 4. The number of nitrogens with one attached hydrogen (secondary N) is 3. The van der Waals surface area contributed by atoms with Crippen LogP contribution in [0.4, 0.5) is 25.8 Å². The molecule has 8 heteroatoms.